The van der Waals surface area contributed by atoms with E-state index < -0.39 is 0 Å². The van der Waals surface area contributed by atoms with E-state index >= 15 is 0 Å². The number of carbonyl (C=O) groups is 2. The molecule has 2 aliphatic rings. The smallest absolute Gasteiger partial charge is 0.238 e. The molecule has 22 heavy (non-hydrogen) atoms. The summed E-state index contributed by atoms with van der Waals surface area (Å²) >= 11 is 0. The van der Waals surface area contributed by atoms with Crippen LogP contribution in [0.1, 0.15) is 33.6 Å². The first kappa shape index (κ1) is 14.8. The summed E-state index contributed by atoms with van der Waals surface area (Å²) in [5.74, 6) is 0.235. The Kier molecular flexibility index (Phi) is 3.77. The van der Waals surface area contributed by atoms with Crippen molar-refractivity contribution in [3.05, 3.63) is 35.4 Å². The van der Waals surface area contributed by atoms with Crippen LogP contribution in [0.3, 0.4) is 0 Å². The van der Waals surface area contributed by atoms with Gasteiger partial charge < -0.3 is 4.74 Å². The second kappa shape index (κ2) is 5.59. The van der Waals surface area contributed by atoms with E-state index in [2.05, 4.69) is 13.8 Å². The maximum atomic E-state index is 12.7. The molecule has 1 aliphatic carbocycles. The number of carbonyl (C=O) groups excluding carboxylic acids is 2. The molecule has 0 N–H and O–H groups in total. The number of nitrogens with zero attached hydrogens (tertiary/aromatic N) is 1. The summed E-state index contributed by atoms with van der Waals surface area (Å²) in [5, 5.41) is 0. The van der Waals surface area contributed by atoms with Crippen LogP contribution in [0, 0.1) is 11.8 Å². The third kappa shape index (κ3) is 2.32. The van der Waals surface area contributed by atoms with Crippen molar-refractivity contribution in [1.29, 1.82) is 0 Å². The van der Waals surface area contributed by atoms with Crippen LogP contribution >= 0.6 is 0 Å². The Hall–Kier alpha value is -2.10. The minimum absolute atomic E-state index is 0.0639. The number of fused-ring (bicyclic) bond motifs is 1. The van der Waals surface area contributed by atoms with Crippen molar-refractivity contribution >= 4 is 17.5 Å². The van der Waals surface area contributed by atoms with Crippen molar-refractivity contribution in [2.24, 2.45) is 11.8 Å². The molecule has 0 aromatic heterocycles. The molecule has 0 radical (unpaired) electrons. The van der Waals surface area contributed by atoms with Gasteiger partial charge in [0.15, 0.2) is 0 Å². The van der Waals surface area contributed by atoms with Gasteiger partial charge in [0.2, 0.25) is 11.8 Å². The number of amides is 2. The fraction of sp³-hybridized carbons (Fsp3) is 0.444. The Bertz CT molecular complexity index is 613. The molecule has 2 atom stereocenters. The molecule has 0 unspecified atom stereocenters. The highest BCUT2D eigenvalue weighted by atomic mass is 16.5. The maximum absolute atomic E-state index is 12.7. The second-order valence-corrected chi connectivity index (χ2v) is 6.12. The van der Waals surface area contributed by atoms with Crippen molar-refractivity contribution in [2.75, 3.05) is 11.5 Å². The average molecular weight is 299 g/mol. The summed E-state index contributed by atoms with van der Waals surface area (Å²) in [4.78, 5) is 26.7. The number of hydrogen-bond donors (Lipinski definition) is 0. The first-order valence-electron chi connectivity index (χ1n) is 7.78. The number of anilines is 1. The van der Waals surface area contributed by atoms with Gasteiger partial charge in [-0.3, -0.25) is 14.5 Å². The zero-order valence-corrected chi connectivity index (χ0v) is 13.3. The fourth-order valence-corrected chi connectivity index (χ4v) is 3.36. The third-order valence-electron chi connectivity index (χ3n) is 4.75. The molecule has 116 valence electrons. The average Bonchev–Trinajstić information content (AvgIpc) is 2.73. The molecular weight excluding hydrogens is 278 g/mol. The minimum atomic E-state index is -0.192. The minimum Gasteiger partial charge on any atom is -0.494 e. The van der Waals surface area contributed by atoms with Gasteiger partial charge in [-0.25, -0.2) is 0 Å². The van der Waals surface area contributed by atoms with Crippen molar-refractivity contribution in [3.8, 4) is 5.75 Å². The lowest BCUT2D eigenvalue weighted by atomic mass is 9.78. The van der Waals surface area contributed by atoms with Gasteiger partial charge in [0.25, 0.3) is 0 Å². The predicted octanol–water partition coefficient (Wildman–Crippen LogP) is 3.32. The summed E-state index contributed by atoms with van der Waals surface area (Å²) < 4.78 is 5.40. The van der Waals surface area contributed by atoms with Crippen LogP contribution in [-0.4, -0.2) is 18.4 Å². The molecular formula is C18H21NO3. The Morgan fingerprint density at radius 2 is 1.50 bits per heavy atom. The van der Waals surface area contributed by atoms with E-state index in [0.717, 1.165) is 5.75 Å². The van der Waals surface area contributed by atoms with Crippen molar-refractivity contribution in [1.82, 2.24) is 0 Å². The van der Waals surface area contributed by atoms with Crippen molar-refractivity contribution in [3.63, 3.8) is 0 Å². The summed E-state index contributed by atoms with van der Waals surface area (Å²) in [7, 11) is 0. The molecule has 0 saturated carbocycles. The Labute approximate surface area is 130 Å². The van der Waals surface area contributed by atoms with Crippen LogP contribution < -0.4 is 9.64 Å². The lowest BCUT2D eigenvalue weighted by Crippen LogP contribution is -2.30. The van der Waals surface area contributed by atoms with Crippen LogP contribution in [0.25, 0.3) is 0 Å². The molecule has 0 spiro atoms. The molecule has 1 aromatic carbocycles. The number of hydrogen-bond acceptors (Lipinski definition) is 3. The topological polar surface area (TPSA) is 46.6 Å². The lowest BCUT2D eigenvalue weighted by molar-refractivity contribution is -0.122. The maximum Gasteiger partial charge on any atom is 0.238 e. The molecule has 1 heterocycles. The number of ether oxygens (including phenoxy) is 1. The van der Waals surface area contributed by atoms with E-state index in [1.807, 2.05) is 6.92 Å². The SMILES string of the molecule is CCOc1ccc(N2C(=O)[C@H]3CC(C)=C(C)C[C@H]3C2=O)cc1. The van der Waals surface area contributed by atoms with Gasteiger partial charge in [0.1, 0.15) is 5.75 Å². The van der Waals surface area contributed by atoms with Gasteiger partial charge in [-0.15, -0.1) is 0 Å². The predicted molar refractivity (Wildman–Crippen MR) is 84.7 cm³/mol. The van der Waals surface area contributed by atoms with Crippen molar-refractivity contribution in [2.45, 2.75) is 33.6 Å². The normalized spacial score (nSPS) is 24.8. The monoisotopic (exact) mass is 299 g/mol. The first-order chi connectivity index (χ1) is 10.5. The van der Waals surface area contributed by atoms with Gasteiger partial charge in [-0.05, 0) is 57.9 Å². The quantitative estimate of drug-likeness (QED) is 0.635. The summed E-state index contributed by atoms with van der Waals surface area (Å²) in [6.45, 7) is 6.63. The van der Waals surface area contributed by atoms with Gasteiger partial charge in [0, 0.05) is 0 Å². The largest absolute Gasteiger partial charge is 0.494 e. The van der Waals surface area contributed by atoms with E-state index in [1.165, 1.54) is 16.0 Å². The van der Waals surface area contributed by atoms with E-state index in [9.17, 15) is 9.59 Å². The molecule has 1 fully saturated rings. The van der Waals surface area contributed by atoms with E-state index in [0.29, 0.717) is 25.1 Å². The van der Waals surface area contributed by atoms with Crippen molar-refractivity contribution < 1.29 is 14.3 Å². The van der Waals surface area contributed by atoms with E-state index in [4.69, 9.17) is 4.74 Å². The zero-order valence-electron chi connectivity index (χ0n) is 13.3. The molecule has 4 heteroatoms. The highest BCUT2D eigenvalue weighted by Gasteiger charge is 2.49. The molecule has 1 aliphatic heterocycles. The number of rotatable bonds is 3. The van der Waals surface area contributed by atoms with Crippen LogP contribution in [0.2, 0.25) is 0 Å². The summed E-state index contributed by atoms with van der Waals surface area (Å²) in [6.07, 6.45) is 1.41. The highest BCUT2D eigenvalue weighted by Crippen LogP contribution is 2.42. The summed E-state index contributed by atoms with van der Waals surface area (Å²) in [5.41, 5.74) is 3.13. The van der Waals surface area contributed by atoms with Gasteiger partial charge >= 0.3 is 0 Å². The molecule has 1 saturated heterocycles. The first-order valence-corrected chi connectivity index (χ1v) is 7.78. The van der Waals surface area contributed by atoms with Crippen LogP contribution in [0.15, 0.2) is 35.4 Å². The Morgan fingerprint density at radius 1 is 1.00 bits per heavy atom. The fourth-order valence-electron chi connectivity index (χ4n) is 3.36. The Balaban J connectivity index is 1.87. The molecule has 2 amide bonds. The number of benzene rings is 1. The van der Waals surface area contributed by atoms with Gasteiger partial charge in [-0.1, -0.05) is 11.1 Å². The lowest BCUT2D eigenvalue weighted by Gasteiger charge is -2.23. The molecule has 0 bridgehead atoms. The Morgan fingerprint density at radius 3 is 1.95 bits per heavy atom. The highest BCUT2D eigenvalue weighted by molar-refractivity contribution is 6.22. The summed E-state index contributed by atoms with van der Waals surface area (Å²) in [6, 6.07) is 7.17. The van der Waals surface area contributed by atoms with Gasteiger partial charge in [-0.2, -0.15) is 0 Å². The van der Waals surface area contributed by atoms with E-state index in [1.54, 1.807) is 24.3 Å². The van der Waals surface area contributed by atoms with Crippen LogP contribution in [0.5, 0.6) is 5.75 Å². The second-order valence-electron chi connectivity index (χ2n) is 6.12. The van der Waals surface area contributed by atoms with Crippen LogP contribution in [0.4, 0.5) is 5.69 Å². The van der Waals surface area contributed by atoms with E-state index in [-0.39, 0.29) is 23.7 Å². The molecule has 1 aromatic rings. The standard InChI is InChI=1S/C18H21NO3/c1-4-22-14-7-5-13(6-8-14)19-17(20)15-9-11(2)12(3)10-16(15)18(19)21/h5-8,15-16H,4,9-10H2,1-3H3/t15-,16+. The zero-order chi connectivity index (χ0) is 15.9. The third-order valence-corrected chi connectivity index (χ3v) is 4.75. The van der Waals surface area contributed by atoms with Crippen LogP contribution in [-0.2, 0) is 9.59 Å². The number of imide groups is 1. The van der Waals surface area contributed by atoms with Gasteiger partial charge in [0.05, 0.1) is 24.1 Å². The number of allylic oxidation sites excluding steroid dienone is 2. The molecule has 4 nitrogen and oxygen atoms in total. The molecule has 3 rings (SSSR count).